The lowest BCUT2D eigenvalue weighted by Gasteiger charge is -2.08. The van der Waals surface area contributed by atoms with Crippen molar-refractivity contribution in [2.45, 2.75) is 71.6 Å². The molecule has 1 aliphatic carbocycles. The van der Waals surface area contributed by atoms with Gasteiger partial charge in [-0.05, 0) is 50.5 Å². The van der Waals surface area contributed by atoms with Crippen molar-refractivity contribution >= 4 is 0 Å². The van der Waals surface area contributed by atoms with Crippen LogP contribution in [0.5, 0.6) is 0 Å². The number of unbranched alkanes of at least 4 members (excludes halogenated alkanes) is 2. The largest absolute Gasteiger partial charge is 0.0999 e. The van der Waals surface area contributed by atoms with E-state index in [1.54, 1.807) is 11.1 Å². The summed E-state index contributed by atoms with van der Waals surface area (Å²) in [5.74, 6) is 0. The molecule has 0 N–H and O–H groups in total. The van der Waals surface area contributed by atoms with Gasteiger partial charge in [-0.2, -0.15) is 0 Å². The molecule has 1 rings (SSSR count). The summed E-state index contributed by atoms with van der Waals surface area (Å²) >= 11 is 0. The summed E-state index contributed by atoms with van der Waals surface area (Å²) in [5, 5.41) is 0. The standard InChI is InChI=1S/C17H28/c1-4-6-7-10-15(3)11-8-13-17-14-9-12-16(17)5-2/h9,12H,3-8,10-11,13-14H2,1-2H3. The highest BCUT2D eigenvalue weighted by atomic mass is 14.1. The topological polar surface area (TPSA) is 0 Å². The van der Waals surface area contributed by atoms with Crippen molar-refractivity contribution in [2.75, 3.05) is 0 Å². The van der Waals surface area contributed by atoms with E-state index in [1.807, 2.05) is 0 Å². The molecule has 0 saturated heterocycles. The van der Waals surface area contributed by atoms with Crippen molar-refractivity contribution < 1.29 is 0 Å². The van der Waals surface area contributed by atoms with E-state index in [2.05, 4.69) is 32.6 Å². The second kappa shape index (κ2) is 8.33. The van der Waals surface area contributed by atoms with Gasteiger partial charge in [0.1, 0.15) is 0 Å². The quantitative estimate of drug-likeness (QED) is 0.340. The average molecular weight is 232 g/mol. The fourth-order valence-electron chi connectivity index (χ4n) is 2.52. The van der Waals surface area contributed by atoms with Crippen LogP contribution in [-0.4, -0.2) is 0 Å². The van der Waals surface area contributed by atoms with Crippen molar-refractivity contribution in [1.29, 1.82) is 0 Å². The maximum atomic E-state index is 4.20. The van der Waals surface area contributed by atoms with Gasteiger partial charge in [0.15, 0.2) is 0 Å². The van der Waals surface area contributed by atoms with Crippen LogP contribution in [0, 0.1) is 0 Å². The molecule has 0 aromatic heterocycles. The number of hydrogen-bond donors (Lipinski definition) is 0. The predicted molar refractivity (Wildman–Crippen MR) is 78.2 cm³/mol. The summed E-state index contributed by atoms with van der Waals surface area (Å²) in [7, 11) is 0. The second-order valence-corrected chi connectivity index (χ2v) is 5.15. The maximum Gasteiger partial charge on any atom is -0.0130 e. The highest BCUT2D eigenvalue weighted by Gasteiger charge is 2.07. The van der Waals surface area contributed by atoms with Gasteiger partial charge in [0.2, 0.25) is 0 Å². The zero-order valence-electron chi connectivity index (χ0n) is 11.7. The Kier molecular flexibility index (Phi) is 7.00. The molecule has 0 spiro atoms. The summed E-state index contributed by atoms with van der Waals surface area (Å²) in [6, 6.07) is 0. The van der Waals surface area contributed by atoms with Crippen LogP contribution < -0.4 is 0 Å². The van der Waals surface area contributed by atoms with E-state index in [1.165, 1.54) is 63.4 Å². The molecule has 0 heterocycles. The molecule has 0 amide bonds. The fraction of sp³-hybridized carbons (Fsp3) is 0.647. The second-order valence-electron chi connectivity index (χ2n) is 5.15. The van der Waals surface area contributed by atoms with E-state index in [9.17, 15) is 0 Å². The molecular formula is C17H28. The van der Waals surface area contributed by atoms with E-state index in [4.69, 9.17) is 0 Å². The Bertz CT molecular complexity index is 291. The van der Waals surface area contributed by atoms with Crippen LogP contribution in [0.1, 0.15) is 71.6 Å². The molecule has 0 aromatic carbocycles. The minimum absolute atomic E-state index is 1.20. The molecule has 1 aliphatic rings. The summed E-state index contributed by atoms with van der Waals surface area (Å²) in [6.07, 6.45) is 16.1. The smallest absolute Gasteiger partial charge is 0.0130 e. The molecule has 0 aliphatic heterocycles. The minimum Gasteiger partial charge on any atom is -0.0999 e. The Morgan fingerprint density at radius 1 is 1.18 bits per heavy atom. The lowest BCUT2D eigenvalue weighted by molar-refractivity contribution is 0.681. The Morgan fingerprint density at radius 3 is 2.65 bits per heavy atom. The monoisotopic (exact) mass is 232 g/mol. The first kappa shape index (κ1) is 14.3. The number of allylic oxidation sites excluding steroid dienone is 5. The van der Waals surface area contributed by atoms with Gasteiger partial charge in [-0.15, -0.1) is 0 Å². The minimum atomic E-state index is 1.20. The third kappa shape index (κ3) is 5.39. The normalized spacial score (nSPS) is 14.7. The molecule has 0 unspecified atom stereocenters. The van der Waals surface area contributed by atoms with Crippen molar-refractivity contribution in [3.8, 4) is 0 Å². The molecular weight excluding hydrogens is 204 g/mol. The molecule has 0 nitrogen and oxygen atoms in total. The average Bonchev–Trinajstić information content (AvgIpc) is 2.77. The van der Waals surface area contributed by atoms with Gasteiger partial charge in [0.25, 0.3) is 0 Å². The summed E-state index contributed by atoms with van der Waals surface area (Å²) < 4.78 is 0. The van der Waals surface area contributed by atoms with E-state index in [0.717, 1.165) is 0 Å². The van der Waals surface area contributed by atoms with Crippen molar-refractivity contribution in [1.82, 2.24) is 0 Å². The first-order valence-corrected chi connectivity index (χ1v) is 7.32. The van der Waals surface area contributed by atoms with E-state index >= 15 is 0 Å². The summed E-state index contributed by atoms with van der Waals surface area (Å²) in [6.45, 7) is 8.72. The van der Waals surface area contributed by atoms with Gasteiger partial charge in [-0.1, -0.05) is 56.6 Å². The van der Waals surface area contributed by atoms with E-state index in [0.29, 0.717) is 0 Å². The fourth-order valence-corrected chi connectivity index (χ4v) is 2.52. The predicted octanol–water partition coefficient (Wildman–Crippen LogP) is 5.96. The molecule has 0 fully saturated rings. The zero-order chi connectivity index (χ0) is 12.5. The molecule has 0 radical (unpaired) electrons. The molecule has 0 bridgehead atoms. The van der Waals surface area contributed by atoms with Crippen molar-refractivity contribution in [3.63, 3.8) is 0 Å². The van der Waals surface area contributed by atoms with Gasteiger partial charge in [-0.25, -0.2) is 0 Å². The third-order valence-electron chi connectivity index (χ3n) is 3.66. The van der Waals surface area contributed by atoms with Crippen molar-refractivity contribution in [2.24, 2.45) is 0 Å². The van der Waals surface area contributed by atoms with Crippen LogP contribution in [0.4, 0.5) is 0 Å². The van der Waals surface area contributed by atoms with Gasteiger partial charge < -0.3 is 0 Å². The first-order valence-electron chi connectivity index (χ1n) is 7.32. The molecule has 0 heteroatoms. The Morgan fingerprint density at radius 2 is 1.94 bits per heavy atom. The Balaban J connectivity index is 2.13. The van der Waals surface area contributed by atoms with E-state index in [-0.39, 0.29) is 0 Å². The third-order valence-corrected chi connectivity index (χ3v) is 3.66. The van der Waals surface area contributed by atoms with Crippen molar-refractivity contribution in [3.05, 3.63) is 35.5 Å². The lowest BCUT2D eigenvalue weighted by Crippen LogP contribution is -1.88. The van der Waals surface area contributed by atoms with Crippen LogP contribution in [-0.2, 0) is 0 Å². The molecule has 96 valence electrons. The summed E-state index contributed by atoms with van der Waals surface area (Å²) in [4.78, 5) is 0. The molecule has 17 heavy (non-hydrogen) atoms. The van der Waals surface area contributed by atoms with Gasteiger partial charge in [-0.3, -0.25) is 0 Å². The molecule has 0 aromatic rings. The summed E-state index contributed by atoms with van der Waals surface area (Å²) in [5.41, 5.74) is 4.72. The van der Waals surface area contributed by atoms with Crippen LogP contribution in [0.25, 0.3) is 0 Å². The van der Waals surface area contributed by atoms with Gasteiger partial charge in [0, 0.05) is 0 Å². The molecule has 0 atom stereocenters. The zero-order valence-corrected chi connectivity index (χ0v) is 11.7. The highest BCUT2D eigenvalue weighted by molar-refractivity contribution is 5.33. The lowest BCUT2D eigenvalue weighted by atomic mass is 9.98. The van der Waals surface area contributed by atoms with Crippen LogP contribution in [0.3, 0.4) is 0 Å². The van der Waals surface area contributed by atoms with Gasteiger partial charge >= 0.3 is 0 Å². The number of hydrogen-bond acceptors (Lipinski definition) is 0. The van der Waals surface area contributed by atoms with Crippen LogP contribution in [0.15, 0.2) is 35.5 Å². The van der Waals surface area contributed by atoms with Crippen LogP contribution >= 0.6 is 0 Å². The highest BCUT2D eigenvalue weighted by Crippen LogP contribution is 2.26. The first-order chi connectivity index (χ1) is 8.27. The molecule has 0 saturated carbocycles. The SMILES string of the molecule is C=C(CCCCC)CCCC1=C(CC)C=CC1. The van der Waals surface area contributed by atoms with Gasteiger partial charge in [0.05, 0.1) is 0 Å². The van der Waals surface area contributed by atoms with E-state index < -0.39 is 0 Å². The number of rotatable bonds is 9. The maximum absolute atomic E-state index is 4.20. The Labute approximate surface area is 108 Å². The van der Waals surface area contributed by atoms with Crippen LogP contribution in [0.2, 0.25) is 0 Å². The Hall–Kier alpha value is -0.780.